The lowest BCUT2D eigenvalue weighted by Gasteiger charge is -2.10. The molecule has 0 saturated carbocycles. The molecule has 0 aliphatic heterocycles. The van der Waals surface area contributed by atoms with E-state index in [1.807, 2.05) is 0 Å². The molecule has 104 valence electrons. The minimum Gasteiger partial charge on any atom is -0.397 e. The molecule has 0 aliphatic carbocycles. The van der Waals surface area contributed by atoms with Crippen molar-refractivity contribution in [2.45, 2.75) is 6.18 Å². The first kappa shape index (κ1) is 13.9. The molecule has 0 fully saturated rings. The van der Waals surface area contributed by atoms with Gasteiger partial charge in [-0.2, -0.15) is 13.2 Å². The molecule has 0 bridgehead atoms. The summed E-state index contributed by atoms with van der Waals surface area (Å²) < 4.78 is 37.6. The molecule has 1 heterocycles. The van der Waals surface area contributed by atoms with Crippen LogP contribution in [0.4, 0.5) is 24.5 Å². The molecule has 0 spiro atoms. The molecular weight excluding hydrogens is 271 g/mol. The standard InChI is InChI=1S/C13H10F3N3O/c14-13(15,16)8-3-1-4-9(7-8)19-12(20)11-10(17)5-2-6-18-11/h1-7H,17H2,(H,19,20). The van der Waals surface area contributed by atoms with E-state index in [4.69, 9.17) is 5.73 Å². The number of carbonyl (C=O) groups excluding carboxylic acids is 1. The summed E-state index contributed by atoms with van der Waals surface area (Å²) in [4.78, 5) is 15.6. The Morgan fingerprint density at radius 3 is 2.60 bits per heavy atom. The molecule has 7 heteroatoms. The van der Waals surface area contributed by atoms with Crippen molar-refractivity contribution in [2.24, 2.45) is 0 Å². The van der Waals surface area contributed by atoms with Crippen LogP contribution in [0.2, 0.25) is 0 Å². The van der Waals surface area contributed by atoms with Gasteiger partial charge in [-0.3, -0.25) is 4.79 Å². The Balaban J connectivity index is 2.23. The van der Waals surface area contributed by atoms with E-state index in [1.165, 1.54) is 24.4 Å². The average molecular weight is 281 g/mol. The van der Waals surface area contributed by atoms with E-state index in [1.54, 1.807) is 6.07 Å². The molecule has 1 amide bonds. The fourth-order valence-corrected chi connectivity index (χ4v) is 1.57. The van der Waals surface area contributed by atoms with Crippen LogP contribution in [0.25, 0.3) is 0 Å². The second kappa shape index (κ2) is 5.20. The van der Waals surface area contributed by atoms with Crippen molar-refractivity contribution < 1.29 is 18.0 Å². The number of halogens is 3. The van der Waals surface area contributed by atoms with Crippen molar-refractivity contribution >= 4 is 17.3 Å². The number of pyridine rings is 1. The molecule has 0 unspecified atom stereocenters. The topological polar surface area (TPSA) is 68.0 Å². The van der Waals surface area contributed by atoms with Gasteiger partial charge in [-0.05, 0) is 30.3 Å². The predicted molar refractivity (Wildman–Crippen MR) is 68.0 cm³/mol. The highest BCUT2D eigenvalue weighted by atomic mass is 19.4. The maximum absolute atomic E-state index is 12.5. The fraction of sp³-hybridized carbons (Fsp3) is 0.0769. The Bertz CT molecular complexity index is 641. The number of benzene rings is 1. The van der Waals surface area contributed by atoms with Crippen LogP contribution < -0.4 is 11.1 Å². The van der Waals surface area contributed by atoms with Crippen molar-refractivity contribution in [1.82, 2.24) is 4.98 Å². The highest BCUT2D eigenvalue weighted by Gasteiger charge is 2.30. The van der Waals surface area contributed by atoms with Gasteiger partial charge in [0.2, 0.25) is 0 Å². The Kier molecular flexibility index (Phi) is 3.60. The SMILES string of the molecule is Nc1cccnc1C(=O)Nc1cccc(C(F)(F)F)c1. The number of carbonyl (C=O) groups is 1. The lowest BCUT2D eigenvalue weighted by atomic mass is 10.2. The predicted octanol–water partition coefficient (Wildman–Crippen LogP) is 2.93. The van der Waals surface area contributed by atoms with Crippen molar-refractivity contribution in [3.8, 4) is 0 Å². The molecule has 20 heavy (non-hydrogen) atoms. The largest absolute Gasteiger partial charge is 0.416 e. The zero-order valence-electron chi connectivity index (χ0n) is 10.1. The third kappa shape index (κ3) is 3.05. The van der Waals surface area contributed by atoms with Crippen LogP contribution in [0, 0.1) is 0 Å². The van der Waals surface area contributed by atoms with Crippen LogP contribution in [-0.2, 0) is 6.18 Å². The Morgan fingerprint density at radius 1 is 1.20 bits per heavy atom. The molecule has 2 aromatic rings. The lowest BCUT2D eigenvalue weighted by Crippen LogP contribution is -2.16. The fourth-order valence-electron chi connectivity index (χ4n) is 1.57. The molecule has 2 rings (SSSR count). The highest BCUT2D eigenvalue weighted by molar-refractivity contribution is 6.06. The van der Waals surface area contributed by atoms with Crippen LogP contribution in [-0.4, -0.2) is 10.9 Å². The van der Waals surface area contributed by atoms with Gasteiger partial charge >= 0.3 is 6.18 Å². The van der Waals surface area contributed by atoms with E-state index in [2.05, 4.69) is 10.3 Å². The average Bonchev–Trinajstić information content (AvgIpc) is 2.38. The second-order valence-corrected chi connectivity index (χ2v) is 3.97. The van der Waals surface area contributed by atoms with E-state index >= 15 is 0 Å². The van der Waals surface area contributed by atoms with Crippen LogP contribution in [0.5, 0.6) is 0 Å². The number of rotatable bonds is 2. The van der Waals surface area contributed by atoms with Gasteiger partial charge in [0.05, 0.1) is 11.3 Å². The third-order valence-electron chi connectivity index (χ3n) is 2.50. The Hall–Kier alpha value is -2.57. The maximum atomic E-state index is 12.5. The lowest BCUT2D eigenvalue weighted by molar-refractivity contribution is -0.137. The second-order valence-electron chi connectivity index (χ2n) is 3.97. The summed E-state index contributed by atoms with van der Waals surface area (Å²) in [5, 5.41) is 2.33. The van der Waals surface area contributed by atoms with Gasteiger partial charge in [-0.15, -0.1) is 0 Å². The zero-order chi connectivity index (χ0) is 14.8. The highest BCUT2D eigenvalue weighted by Crippen LogP contribution is 2.30. The number of hydrogen-bond acceptors (Lipinski definition) is 3. The van der Waals surface area contributed by atoms with Gasteiger partial charge in [-0.25, -0.2) is 4.98 Å². The summed E-state index contributed by atoms with van der Waals surface area (Å²) in [6.07, 6.45) is -3.10. The molecule has 3 N–H and O–H groups in total. The Morgan fingerprint density at radius 2 is 1.95 bits per heavy atom. The maximum Gasteiger partial charge on any atom is 0.416 e. The number of hydrogen-bond donors (Lipinski definition) is 2. The van der Waals surface area contributed by atoms with Gasteiger partial charge < -0.3 is 11.1 Å². The van der Waals surface area contributed by atoms with Crippen LogP contribution in [0.3, 0.4) is 0 Å². The van der Waals surface area contributed by atoms with Gasteiger partial charge in [0.1, 0.15) is 0 Å². The molecule has 0 atom stereocenters. The minimum atomic E-state index is -4.47. The van der Waals surface area contributed by atoms with Crippen LogP contribution >= 0.6 is 0 Å². The summed E-state index contributed by atoms with van der Waals surface area (Å²) in [7, 11) is 0. The zero-order valence-corrected chi connectivity index (χ0v) is 10.1. The van der Waals surface area contributed by atoms with Crippen molar-refractivity contribution in [3.63, 3.8) is 0 Å². The number of nitrogens with two attached hydrogens (primary N) is 1. The molecule has 1 aromatic heterocycles. The summed E-state index contributed by atoms with van der Waals surface area (Å²) in [5.74, 6) is -0.664. The van der Waals surface area contributed by atoms with E-state index < -0.39 is 17.6 Å². The number of nitrogens with one attached hydrogen (secondary N) is 1. The van der Waals surface area contributed by atoms with Crippen molar-refractivity contribution in [2.75, 3.05) is 11.1 Å². The van der Waals surface area contributed by atoms with Crippen LogP contribution in [0.15, 0.2) is 42.6 Å². The van der Waals surface area contributed by atoms with E-state index in [0.717, 1.165) is 12.1 Å². The van der Waals surface area contributed by atoms with Crippen molar-refractivity contribution in [3.05, 3.63) is 53.9 Å². The number of alkyl halides is 3. The molecule has 0 saturated heterocycles. The number of aromatic nitrogens is 1. The van der Waals surface area contributed by atoms with Crippen molar-refractivity contribution in [1.29, 1.82) is 0 Å². The molecule has 1 aromatic carbocycles. The number of amides is 1. The molecule has 0 radical (unpaired) electrons. The molecule has 4 nitrogen and oxygen atoms in total. The normalized spacial score (nSPS) is 11.2. The first-order valence-corrected chi connectivity index (χ1v) is 5.57. The van der Waals surface area contributed by atoms with E-state index in [0.29, 0.717) is 0 Å². The summed E-state index contributed by atoms with van der Waals surface area (Å²) in [5.41, 5.74) is 4.86. The quantitative estimate of drug-likeness (QED) is 0.889. The van der Waals surface area contributed by atoms with Gasteiger partial charge in [-0.1, -0.05) is 6.07 Å². The summed E-state index contributed by atoms with van der Waals surface area (Å²) in [6, 6.07) is 7.36. The van der Waals surface area contributed by atoms with E-state index in [9.17, 15) is 18.0 Å². The first-order valence-electron chi connectivity index (χ1n) is 5.57. The van der Waals surface area contributed by atoms with Gasteiger partial charge in [0.15, 0.2) is 5.69 Å². The van der Waals surface area contributed by atoms with Gasteiger partial charge in [0, 0.05) is 11.9 Å². The molecule has 0 aliphatic rings. The number of anilines is 2. The van der Waals surface area contributed by atoms with Gasteiger partial charge in [0.25, 0.3) is 5.91 Å². The summed E-state index contributed by atoms with van der Waals surface area (Å²) >= 11 is 0. The minimum absolute atomic E-state index is 0.0230. The monoisotopic (exact) mass is 281 g/mol. The van der Waals surface area contributed by atoms with E-state index in [-0.39, 0.29) is 17.1 Å². The number of nitrogen functional groups attached to an aromatic ring is 1. The first-order chi connectivity index (χ1) is 9.38. The smallest absolute Gasteiger partial charge is 0.397 e. The molecular formula is C13H10F3N3O. The third-order valence-corrected chi connectivity index (χ3v) is 2.50. The number of nitrogens with zero attached hydrogens (tertiary/aromatic N) is 1. The Labute approximate surface area is 112 Å². The summed E-state index contributed by atoms with van der Waals surface area (Å²) in [6.45, 7) is 0. The van der Waals surface area contributed by atoms with Crippen LogP contribution in [0.1, 0.15) is 16.1 Å².